The zero-order chi connectivity index (χ0) is 20.4. The third-order valence-corrected chi connectivity index (χ3v) is 5.18. The molecule has 0 unspecified atom stereocenters. The van der Waals surface area contributed by atoms with E-state index in [2.05, 4.69) is 0 Å². The zero-order valence-electron chi connectivity index (χ0n) is 17.0. The maximum atomic E-state index is 13.1. The Morgan fingerprint density at radius 2 is 1.75 bits per heavy atom. The molecule has 2 rings (SSSR count). The molecule has 0 spiro atoms. The van der Waals surface area contributed by atoms with Gasteiger partial charge in [0.15, 0.2) is 0 Å². The van der Waals surface area contributed by atoms with Crippen LogP contribution in [0.25, 0.3) is 0 Å². The Morgan fingerprint density at radius 1 is 1.00 bits per heavy atom. The normalized spacial score (nSPS) is 10.9. The minimum Gasteiger partial charge on any atom is -0.383 e. The van der Waals surface area contributed by atoms with Gasteiger partial charge in [0, 0.05) is 31.5 Å². The van der Waals surface area contributed by atoms with Gasteiger partial charge in [0.05, 0.1) is 19.7 Å². The standard InChI is InChI=1S/C22H30N2O3S/c1-18(2)14-21(25)23(11-12-27-3)17-22(26)24(16-20-10-7-13-28-20)15-19-8-5-4-6-9-19/h4-10,13,18H,11-12,14-17H2,1-3H3. The van der Waals surface area contributed by atoms with E-state index < -0.39 is 0 Å². The van der Waals surface area contributed by atoms with Crippen LogP contribution in [-0.4, -0.2) is 48.4 Å². The van der Waals surface area contributed by atoms with E-state index in [1.165, 1.54) is 0 Å². The molecule has 28 heavy (non-hydrogen) atoms. The zero-order valence-corrected chi connectivity index (χ0v) is 17.8. The highest BCUT2D eigenvalue weighted by Gasteiger charge is 2.22. The third kappa shape index (κ3) is 7.44. The maximum Gasteiger partial charge on any atom is 0.242 e. The summed E-state index contributed by atoms with van der Waals surface area (Å²) in [5.41, 5.74) is 1.07. The van der Waals surface area contributed by atoms with E-state index in [0.29, 0.717) is 32.7 Å². The van der Waals surface area contributed by atoms with Gasteiger partial charge in [-0.25, -0.2) is 0 Å². The molecule has 0 saturated carbocycles. The Hall–Kier alpha value is -2.18. The minimum absolute atomic E-state index is 0.00353. The molecule has 0 aliphatic rings. The van der Waals surface area contributed by atoms with Crippen LogP contribution in [0.4, 0.5) is 0 Å². The van der Waals surface area contributed by atoms with Gasteiger partial charge in [-0.1, -0.05) is 50.2 Å². The highest BCUT2D eigenvalue weighted by Crippen LogP contribution is 2.15. The summed E-state index contributed by atoms with van der Waals surface area (Å²) < 4.78 is 5.13. The lowest BCUT2D eigenvalue weighted by molar-refractivity contribution is -0.142. The van der Waals surface area contributed by atoms with Crippen LogP contribution in [0, 0.1) is 5.92 Å². The van der Waals surface area contributed by atoms with E-state index in [-0.39, 0.29) is 24.3 Å². The average molecular weight is 403 g/mol. The van der Waals surface area contributed by atoms with Crippen LogP contribution in [0.3, 0.4) is 0 Å². The van der Waals surface area contributed by atoms with Gasteiger partial charge in [-0.05, 0) is 22.9 Å². The maximum absolute atomic E-state index is 13.1. The second-order valence-corrected chi connectivity index (χ2v) is 8.25. The smallest absolute Gasteiger partial charge is 0.242 e. The van der Waals surface area contributed by atoms with Gasteiger partial charge >= 0.3 is 0 Å². The highest BCUT2D eigenvalue weighted by molar-refractivity contribution is 7.09. The summed E-state index contributed by atoms with van der Waals surface area (Å²) >= 11 is 1.63. The number of amides is 2. The molecule has 0 saturated heterocycles. The van der Waals surface area contributed by atoms with E-state index in [4.69, 9.17) is 4.74 Å². The van der Waals surface area contributed by atoms with E-state index >= 15 is 0 Å². The predicted octanol–water partition coefficient (Wildman–Crippen LogP) is 3.80. The quantitative estimate of drug-likeness (QED) is 0.574. The van der Waals surface area contributed by atoms with Crippen molar-refractivity contribution in [2.45, 2.75) is 33.4 Å². The highest BCUT2D eigenvalue weighted by atomic mass is 32.1. The summed E-state index contributed by atoms with van der Waals surface area (Å²) in [6.07, 6.45) is 0.431. The molecule has 0 aliphatic carbocycles. The minimum atomic E-state index is -0.0505. The summed E-state index contributed by atoms with van der Waals surface area (Å²) in [5.74, 6) is 0.195. The van der Waals surface area contributed by atoms with Crippen molar-refractivity contribution in [1.29, 1.82) is 0 Å². The van der Waals surface area contributed by atoms with Gasteiger partial charge in [-0.2, -0.15) is 0 Å². The molecule has 5 nitrogen and oxygen atoms in total. The largest absolute Gasteiger partial charge is 0.383 e. The van der Waals surface area contributed by atoms with Crippen LogP contribution in [-0.2, 0) is 27.4 Å². The van der Waals surface area contributed by atoms with Gasteiger partial charge in [0.1, 0.15) is 0 Å². The van der Waals surface area contributed by atoms with Crippen LogP contribution in [0.15, 0.2) is 47.8 Å². The monoisotopic (exact) mass is 402 g/mol. The van der Waals surface area contributed by atoms with Gasteiger partial charge in [0.2, 0.25) is 11.8 Å². The third-order valence-electron chi connectivity index (χ3n) is 4.32. The van der Waals surface area contributed by atoms with Crippen molar-refractivity contribution in [3.05, 3.63) is 58.3 Å². The van der Waals surface area contributed by atoms with Gasteiger partial charge in [0.25, 0.3) is 0 Å². The molecule has 0 N–H and O–H groups in total. The topological polar surface area (TPSA) is 49.9 Å². The molecule has 2 amide bonds. The first-order chi connectivity index (χ1) is 13.5. The number of hydrogen-bond acceptors (Lipinski definition) is 4. The molecular weight excluding hydrogens is 372 g/mol. The van der Waals surface area contributed by atoms with Crippen molar-refractivity contribution in [3.63, 3.8) is 0 Å². The van der Waals surface area contributed by atoms with Crippen LogP contribution < -0.4 is 0 Å². The lowest BCUT2D eigenvalue weighted by Gasteiger charge is -2.28. The molecule has 6 heteroatoms. The summed E-state index contributed by atoms with van der Waals surface area (Å²) in [6.45, 7) is 6.00. The van der Waals surface area contributed by atoms with Crippen molar-refractivity contribution in [3.8, 4) is 0 Å². The van der Waals surface area contributed by atoms with E-state index in [0.717, 1.165) is 10.4 Å². The molecule has 0 radical (unpaired) electrons. The molecule has 1 heterocycles. The van der Waals surface area contributed by atoms with Crippen molar-refractivity contribution >= 4 is 23.2 Å². The second kappa shape index (κ2) is 11.6. The summed E-state index contributed by atoms with van der Waals surface area (Å²) in [6, 6.07) is 14.0. The second-order valence-electron chi connectivity index (χ2n) is 7.22. The summed E-state index contributed by atoms with van der Waals surface area (Å²) in [4.78, 5) is 30.3. The number of ether oxygens (including phenoxy) is 1. The molecule has 1 aromatic heterocycles. The molecule has 0 aliphatic heterocycles. The number of carbonyl (C=O) groups is 2. The van der Waals surface area contributed by atoms with Gasteiger partial charge in [-0.3, -0.25) is 9.59 Å². The molecule has 152 valence electrons. The van der Waals surface area contributed by atoms with Gasteiger partial charge in [-0.15, -0.1) is 11.3 Å². The van der Waals surface area contributed by atoms with Crippen molar-refractivity contribution in [2.24, 2.45) is 5.92 Å². The SMILES string of the molecule is COCCN(CC(=O)N(Cc1ccccc1)Cc1cccs1)C(=O)CC(C)C. The number of methoxy groups -OCH3 is 1. The fourth-order valence-corrected chi connectivity index (χ4v) is 3.58. The first-order valence-electron chi connectivity index (χ1n) is 9.60. The van der Waals surface area contributed by atoms with E-state index in [9.17, 15) is 9.59 Å². The first-order valence-corrected chi connectivity index (χ1v) is 10.5. The molecular formula is C22H30N2O3S. The molecule has 0 bridgehead atoms. The Labute approximate surface area is 171 Å². The number of thiophene rings is 1. The number of rotatable bonds is 11. The number of benzene rings is 1. The Balaban J connectivity index is 2.12. The number of hydrogen-bond donors (Lipinski definition) is 0. The Bertz CT molecular complexity index is 717. The molecule has 1 aromatic carbocycles. The van der Waals surface area contributed by atoms with Crippen molar-refractivity contribution in [2.75, 3.05) is 26.8 Å². The van der Waals surface area contributed by atoms with E-state index in [1.807, 2.05) is 66.6 Å². The van der Waals surface area contributed by atoms with Crippen molar-refractivity contribution in [1.82, 2.24) is 9.80 Å². The molecule has 2 aromatic rings. The first kappa shape index (κ1) is 22.1. The van der Waals surface area contributed by atoms with E-state index in [1.54, 1.807) is 23.3 Å². The summed E-state index contributed by atoms with van der Waals surface area (Å²) in [7, 11) is 1.60. The van der Waals surface area contributed by atoms with Crippen LogP contribution >= 0.6 is 11.3 Å². The Morgan fingerprint density at radius 3 is 2.36 bits per heavy atom. The fourth-order valence-electron chi connectivity index (χ4n) is 2.86. The van der Waals surface area contributed by atoms with Crippen molar-refractivity contribution < 1.29 is 14.3 Å². The number of carbonyl (C=O) groups excluding carboxylic acids is 2. The van der Waals surface area contributed by atoms with Gasteiger partial charge < -0.3 is 14.5 Å². The molecule has 0 fully saturated rings. The lowest BCUT2D eigenvalue weighted by Crippen LogP contribution is -2.44. The Kier molecular flexibility index (Phi) is 9.17. The fraction of sp³-hybridized carbons (Fsp3) is 0.455. The van der Waals surface area contributed by atoms with Crippen LogP contribution in [0.2, 0.25) is 0 Å². The lowest BCUT2D eigenvalue weighted by atomic mass is 10.1. The van der Waals surface area contributed by atoms with Crippen LogP contribution in [0.1, 0.15) is 30.7 Å². The van der Waals surface area contributed by atoms with Crippen LogP contribution in [0.5, 0.6) is 0 Å². The number of nitrogens with zero attached hydrogens (tertiary/aromatic N) is 2. The summed E-state index contributed by atoms with van der Waals surface area (Å²) in [5, 5.41) is 2.01. The molecule has 0 atom stereocenters. The predicted molar refractivity (Wildman–Crippen MR) is 113 cm³/mol. The average Bonchev–Trinajstić information content (AvgIpc) is 3.17.